The number of rotatable bonds is 6. The fraction of sp³-hybridized carbons (Fsp3) is 0.208. The molecule has 1 saturated heterocycles. The van der Waals surface area contributed by atoms with Gasteiger partial charge in [-0.3, -0.25) is 9.36 Å². The third kappa shape index (κ3) is 4.18. The smallest absolute Gasteiger partial charge is 0.254 e. The lowest BCUT2D eigenvalue weighted by molar-refractivity contribution is 0.0792. The van der Waals surface area contributed by atoms with Crippen molar-refractivity contribution in [3.8, 4) is 17.3 Å². The largest absolute Gasteiger partial charge is 0.461 e. The summed E-state index contributed by atoms with van der Waals surface area (Å²) in [5, 5.41) is 10.1. The lowest BCUT2D eigenvalue weighted by Crippen LogP contribution is -2.28. The molecule has 32 heavy (non-hydrogen) atoms. The van der Waals surface area contributed by atoms with Crippen LogP contribution in [0.25, 0.3) is 17.3 Å². The van der Waals surface area contributed by atoms with E-state index in [9.17, 15) is 4.79 Å². The molecule has 0 unspecified atom stereocenters. The zero-order chi connectivity index (χ0) is 21.9. The average Bonchev–Trinajstić information content (AvgIpc) is 3.59. The van der Waals surface area contributed by atoms with Gasteiger partial charge in [0.2, 0.25) is 5.82 Å². The lowest BCUT2D eigenvalue weighted by atomic mass is 10.1. The molecular formula is C24H21ClN4O2S. The van der Waals surface area contributed by atoms with Crippen molar-refractivity contribution in [3.05, 3.63) is 83.1 Å². The molecule has 1 fully saturated rings. The number of carbonyl (C=O) groups excluding carboxylic acids is 1. The van der Waals surface area contributed by atoms with Gasteiger partial charge in [-0.25, -0.2) is 0 Å². The average molecular weight is 465 g/mol. The molecule has 0 bridgehead atoms. The van der Waals surface area contributed by atoms with Gasteiger partial charge in [0, 0.05) is 29.4 Å². The molecule has 0 atom stereocenters. The fourth-order valence-corrected chi connectivity index (χ4v) is 5.00. The highest BCUT2D eigenvalue weighted by Crippen LogP contribution is 2.31. The molecule has 1 aliphatic rings. The van der Waals surface area contributed by atoms with Crippen LogP contribution in [0.2, 0.25) is 5.02 Å². The number of likely N-dealkylation sites (tertiary alicyclic amines) is 1. The van der Waals surface area contributed by atoms with Crippen LogP contribution in [0.1, 0.15) is 28.8 Å². The van der Waals surface area contributed by atoms with Gasteiger partial charge < -0.3 is 9.32 Å². The van der Waals surface area contributed by atoms with E-state index in [0.717, 1.165) is 42.7 Å². The summed E-state index contributed by atoms with van der Waals surface area (Å²) in [7, 11) is 0. The van der Waals surface area contributed by atoms with Crippen LogP contribution in [0.15, 0.2) is 76.5 Å². The second-order valence-electron chi connectivity index (χ2n) is 7.54. The highest BCUT2D eigenvalue weighted by Gasteiger charge is 2.23. The maximum Gasteiger partial charge on any atom is 0.254 e. The van der Waals surface area contributed by atoms with Crippen LogP contribution < -0.4 is 0 Å². The first-order chi connectivity index (χ1) is 15.7. The third-order valence-electron chi connectivity index (χ3n) is 5.44. The summed E-state index contributed by atoms with van der Waals surface area (Å²) < 4.78 is 7.51. The zero-order valence-corrected chi connectivity index (χ0v) is 18.9. The van der Waals surface area contributed by atoms with Crippen molar-refractivity contribution in [1.82, 2.24) is 19.7 Å². The first kappa shape index (κ1) is 20.8. The molecule has 162 valence electrons. The fourth-order valence-electron chi connectivity index (χ4n) is 3.86. The van der Waals surface area contributed by atoms with Gasteiger partial charge in [0.15, 0.2) is 10.9 Å². The van der Waals surface area contributed by atoms with E-state index < -0.39 is 0 Å². The molecule has 0 saturated carbocycles. The van der Waals surface area contributed by atoms with Crippen molar-refractivity contribution in [2.45, 2.75) is 23.8 Å². The van der Waals surface area contributed by atoms with E-state index in [1.807, 2.05) is 70.1 Å². The van der Waals surface area contributed by atoms with Crippen molar-refractivity contribution >= 4 is 29.3 Å². The molecule has 2 aromatic carbocycles. The van der Waals surface area contributed by atoms with E-state index in [1.54, 1.807) is 6.26 Å². The Labute approximate surface area is 195 Å². The summed E-state index contributed by atoms with van der Waals surface area (Å²) in [6.45, 7) is 1.66. The molecule has 3 heterocycles. The Morgan fingerprint density at radius 1 is 1.03 bits per heavy atom. The van der Waals surface area contributed by atoms with Crippen LogP contribution in [0.4, 0.5) is 0 Å². The second kappa shape index (κ2) is 9.22. The topological polar surface area (TPSA) is 64.2 Å². The van der Waals surface area contributed by atoms with Gasteiger partial charge in [0.05, 0.1) is 12.0 Å². The van der Waals surface area contributed by atoms with Crippen molar-refractivity contribution < 1.29 is 9.21 Å². The Kier molecular flexibility index (Phi) is 6.01. The summed E-state index contributed by atoms with van der Waals surface area (Å²) in [6.07, 6.45) is 3.75. The summed E-state index contributed by atoms with van der Waals surface area (Å²) in [4.78, 5) is 15.0. The molecule has 8 heteroatoms. The molecule has 0 N–H and O–H groups in total. The summed E-state index contributed by atoms with van der Waals surface area (Å²) in [5.74, 6) is 1.91. The van der Waals surface area contributed by atoms with Crippen LogP contribution in [0.3, 0.4) is 0 Å². The van der Waals surface area contributed by atoms with Gasteiger partial charge in [-0.05, 0) is 54.8 Å². The lowest BCUT2D eigenvalue weighted by Gasteiger charge is -2.17. The van der Waals surface area contributed by atoms with Crippen LogP contribution in [0.5, 0.6) is 0 Å². The van der Waals surface area contributed by atoms with E-state index in [4.69, 9.17) is 16.0 Å². The van der Waals surface area contributed by atoms with Crippen molar-refractivity contribution in [1.29, 1.82) is 0 Å². The monoisotopic (exact) mass is 464 g/mol. The Bertz CT molecular complexity index is 1230. The molecular weight excluding hydrogens is 444 g/mol. The molecule has 0 radical (unpaired) electrons. The highest BCUT2D eigenvalue weighted by atomic mass is 35.5. The predicted octanol–water partition coefficient (Wildman–Crippen LogP) is 5.71. The van der Waals surface area contributed by atoms with Gasteiger partial charge in [0.1, 0.15) is 0 Å². The summed E-state index contributed by atoms with van der Waals surface area (Å²) >= 11 is 7.78. The SMILES string of the molecule is O=C(c1ccccc1CSc1nnc(-c2ccco2)n1-c1cccc(Cl)c1)N1CCCC1. The molecule has 2 aromatic heterocycles. The van der Waals surface area contributed by atoms with Crippen LogP contribution >= 0.6 is 23.4 Å². The van der Waals surface area contributed by atoms with E-state index in [1.165, 1.54) is 11.8 Å². The summed E-state index contributed by atoms with van der Waals surface area (Å²) in [6, 6.07) is 19.0. The number of halogens is 1. The van der Waals surface area contributed by atoms with Crippen molar-refractivity contribution in [2.75, 3.05) is 13.1 Å². The first-order valence-corrected chi connectivity index (χ1v) is 11.8. The Morgan fingerprint density at radius 2 is 1.88 bits per heavy atom. The number of carbonyl (C=O) groups is 1. The Balaban J connectivity index is 1.47. The molecule has 5 rings (SSSR count). The Hall–Kier alpha value is -3.03. The quantitative estimate of drug-likeness (QED) is 0.342. The maximum absolute atomic E-state index is 13.0. The zero-order valence-electron chi connectivity index (χ0n) is 17.3. The summed E-state index contributed by atoms with van der Waals surface area (Å²) in [5.41, 5.74) is 2.58. The number of thioether (sulfide) groups is 1. The third-order valence-corrected chi connectivity index (χ3v) is 6.65. The number of furan rings is 1. The Morgan fingerprint density at radius 3 is 2.66 bits per heavy atom. The van der Waals surface area contributed by atoms with Crippen LogP contribution in [-0.2, 0) is 5.75 Å². The van der Waals surface area contributed by atoms with Gasteiger partial charge in [-0.1, -0.05) is 47.6 Å². The van der Waals surface area contributed by atoms with Crippen LogP contribution in [0, 0.1) is 0 Å². The standard InChI is InChI=1S/C24H21ClN4O2S/c25-18-8-5-9-19(15-18)29-22(21-11-6-14-31-21)26-27-24(29)32-16-17-7-1-2-10-20(17)23(30)28-12-3-4-13-28/h1-2,5-11,14-15H,3-4,12-13,16H2. The minimum Gasteiger partial charge on any atom is -0.461 e. The minimum absolute atomic E-state index is 0.103. The molecule has 1 amide bonds. The van der Waals surface area contributed by atoms with E-state index in [2.05, 4.69) is 10.2 Å². The van der Waals surface area contributed by atoms with Gasteiger partial charge in [-0.15, -0.1) is 10.2 Å². The van der Waals surface area contributed by atoms with Gasteiger partial charge >= 0.3 is 0 Å². The number of nitrogens with zero attached hydrogens (tertiary/aromatic N) is 4. The van der Waals surface area contributed by atoms with Gasteiger partial charge in [0.25, 0.3) is 5.91 Å². The van der Waals surface area contributed by atoms with E-state index in [0.29, 0.717) is 27.5 Å². The number of hydrogen-bond acceptors (Lipinski definition) is 5. The van der Waals surface area contributed by atoms with E-state index >= 15 is 0 Å². The minimum atomic E-state index is 0.103. The molecule has 1 aliphatic heterocycles. The van der Waals surface area contributed by atoms with Crippen molar-refractivity contribution in [2.24, 2.45) is 0 Å². The number of amides is 1. The van der Waals surface area contributed by atoms with Gasteiger partial charge in [-0.2, -0.15) is 0 Å². The van der Waals surface area contributed by atoms with E-state index in [-0.39, 0.29) is 5.91 Å². The van der Waals surface area contributed by atoms with Crippen molar-refractivity contribution in [3.63, 3.8) is 0 Å². The second-order valence-corrected chi connectivity index (χ2v) is 8.92. The normalized spacial score (nSPS) is 13.6. The molecule has 0 aliphatic carbocycles. The number of aromatic nitrogens is 3. The number of benzene rings is 2. The van der Waals surface area contributed by atoms with Crippen LogP contribution in [-0.4, -0.2) is 38.7 Å². The first-order valence-electron chi connectivity index (χ1n) is 10.5. The molecule has 6 nitrogen and oxygen atoms in total. The molecule has 4 aromatic rings. The molecule has 0 spiro atoms. The number of hydrogen-bond donors (Lipinski definition) is 0. The maximum atomic E-state index is 13.0. The predicted molar refractivity (Wildman–Crippen MR) is 125 cm³/mol. The highest BCUT2D eigenvalue weighted by molar-refractivity contribution is 7.98.